The Morgan fingerprint density at radius 2 is 2.03 bits per heavy atom. The molecule has 5 rings (SSSR count). The molecule has 0 spiro atoms. The molecule has 0 radical (unpaired) electrons. The second kappa shape index (κ2) is 7.99. The van der Waals surface area contributed by atoms with Gasteiger partial charge >= 0.3 is 5.63 Å². The zero-order valence-electron chi connectivity index (χ0n) is 17.5. The van der Waals surface area contributed by atoms with Gasteiger partial charge in [0.25, 0.3) is 11.5 Å². The van der Waals surface area contributed by atoms with Crippen LogP contribution in [0.2, 0.25) is 0 Å². The Hall–Kier alpha value is -4.31. The number of hydrogen-bond donors (Lipinski definition) is 2. The fourth-order valence-corrected chi connectivity index (χ4v) is 4.62. The van der Waals surface area contributed by atoms with E-state index in [-0.39, 0.29) is 11.4 Å². The lowest BCUT2D eigenvalue weighted by Crippen LogP contribution is -2.14. The lowest BCUT2D eigenvalue weighted by atomic mass is 10.1. The monoisotopic (exact) mass is 460 g/mol. The fraction of sp³-hybridized carbons (Fsp3) is 0.0870. The summed E-state index contributed by atoms with van der Waals surface area (Å²) in [5, 5.41) is 3.62. The van der Waals surface area contributed by atoms with E-state index in [0.717, 1.165) is 11.3 Å². The van der Waals surface area contributed by atoms with Gasteiger partial charge in [0.1, 0.15) is 22.0 Å². The minimum absolute atomic E-state index is 0.0592. The van der Waals surface area contributed by atoms with E-state index in [1.54, 1.807) is 55.6 Å². The number of carbonyl (C=O) groups excluding carboxylic acids is 1. The second-order valence-corrected chi connectivity index (χ2v) is 8.15. The van der Waals surface area contributed by atoms with Crippen molar-refractivity contribution in [3.8, 4) is 17.1 Å². The standard InChI is InChI=1S/C23H16N4O5S/c1-11-16-20(28)26-19(13-10-12-6-5-7-14(31-2)17(12)32-23(13)30)27-22(16)33-18(11)21(29)25-15-8-3-4-9-24-15/h3-10H,1-2H3,(H,24,25,29)(H,26,27,28). The maximum Gasteiger partial charge on any atom is 0.347 e. The summed E-state index contributed by atoms with van der Waals surface area (Å²) in [6, 6.07) is 12.0. The predicted molar refractivity (Wildman–Crippen MR) is 125 cm³/mol. The Morgan fingerprint density at radius 1 is 1.18 bits per heavy atom. The van der Waals surface area contributed by atoms with Gasteiger partial charge in [-0.25, -0.2) is 14.8 Å². The number of nitrogens with one attached hydrogen (secondary N) is 2. The predicted octanol–water partition coefficient (Wildman–Crippen LogP) is 3.72. The molecule has 0 aliphatic heterocycles. The van der Waals surface area contributed by atoms with Gasteiger partial charge in [0.2, 0.25) is 0 Å². The zero-order valence-corrected chi connectivity index (χ0v) is 18.3. The first-order valence-corrected chi connectivity index (χ1v) is 10.6. The molecule has 0 saturated heterocycles. The Kier molecular flexibility index (Phi) is 4.98. The molecular weight excluding hydrogens is 444 g/mol. The normalized spacial score (nSPS) is 11.1. The van der Waals surface area contributed by atoms with Crippen molar-refractivity contribution in [1.82, 2.24) is 15.0 Å². The zero-order chi connectivity index (χ0) is 23.1. The summed E-state index contributed by atoms with van der Waals surface area (Å²) >= 11 is 1.07. The van der Waals surface area contributed by atoms with E-state index in [1.807, 2.05) is 0 Å². The molecule has 1 amide bonds. The molecule has 2 N–H and O–H groups in total. The van der Waals surface area contributed by atoms with Crippen LogP contribution >= 0.6 is 11.3 Å². The highest BCUT2D eigenvalue weighted by molar-refractivity contribution is 7.20. The van der Waals surface area contributed by atoms with Gasteiger partial charge in [0.05, 0.1) is 17.4 Å². The number of anilines is 1. The van der Waals surface area contributed by atoms with Crippen LogP contribution in [-0.4, -0.2) is 28.0 Å². The summed E-state index contributed by atoms with van der Waals surface area (Å²) in [7, 11) is 1.48. The molecule has 9 nitrogen and oxygen atoms in total. The molecule has 0 saturated carbocycles. The first-order valence-electron chi connectivity index (χ1n) is 9.83. The number of amides is 1. The lowest BCUT2D eigenvalue weighted by molar-refractivity contribution is 0.102. The molecule has 164 valence electrons. The lowest BCUT2D eigenvalue weighted by Gasteiger charge is -2.05. The smallest absolute Gasteiger partial charge is 0.347 e. The maximum atomic E-state index is 12.9. The highest BCUT2D eigenvalue weighted by Crippen LogP contribution is 2.30. The quantitative estimate of drug-likeness (QED) is 0.391. The van der Waals surface area contributed by atoms with Crippen LogP contribution in [-0.2, 0) is 0 Å². The third-order valence-electron chi connectivity index (χ3n) is 5.11. The van der Waals surface area contributed by atoms with Crippen LogP contribution < -0.4 is 21.2 Å². The van der Waals surface area contributed by atoms with E-state index in [4.69, 9.17) is 9.15 Å². The number of nitrogens with zero attached hydrogens (tertiary/aromatic N) is 2. The Labute approximate surface area is 189 Å². The SMILES string of the molecule is COc1cccc2cc(-c3nc4sc(C(=O)Nc5ccccn5)c(C)c4c(=O)[nH]3)c(=O)oc12. The van der Waals surface area contributed by atoms with Gasteiger partial charge in [-0.2, -0.15) is 0 Å². The molecular formula is C23H16N4O5S. The average molecular weight is 460 g/mol. The number of carbonyl (C=O) groups is 1. The molecule has 0 atom stereocenters. The minimum atomic E-state index is -0.670. The number of thiophene rings is 1. The van der Waals surface area contributed by atoms with Gasteiger partial charge in [-0.3, -0.25) is 9.59 Å². The number of para-hydroxylation sites is 1. The van der Waals surface area contributed by atoms with Crippen LogP contribution in [0.3, 0.4) is 0 Å². The molecule has 4 heterocycles. The van der Waals surface area contributed by atoms with E-state index >= 15 is 0 Å². The summed E-state index contributed by atoms with van der Waals surface area (Å²) in [5.41, 5.74) is -0.224. The van der Waals surface area contributed by atoms with Crippen molar-refractivity contribution in [2.75, 3.05) is 12.4 Å². The maximum absolute atomic E-state index is 12.9. The van der Waals surface area contributed by atoms with Crippen LogP contribution in [0.1, 0.15) is 15.2 Å². The van der Waals surface area contributed by atoms with Gasteiger partial charge in [-0.15, -0.1) is 11.3 Å². The molecule has 0 aliphatic rings. The molecule has 4 aromatic heterocycles. The molecule has 33 heavy (non-hydrogen) atoms. The highest BCUT2D eigenvalue weighted by Gasteiger charge is 2.21. The van der Waals surface area contributed by atoms with Gasteiger partial charge in [-0.05, 0) is 36.8 Å². The number of ether oxygens (including phenoxy) is 1. The van der Waals surface area contributed by atoms with Crippen molar-refractivity contribution < 1.29 is 13.9 Å². The van der Waals surface area contributed by atoms with E-state index in [1.165, 1.54) is 7.11 Å². The highest BCUT2D eigenvalue weighted by atomic mass is 32.1. The number of fused-ring (bicyclic) bond motifs is 2. The van der Waals surface area contributed by atoms with Crippen LogP contribution in [0.25, 0.3) is 32.6 Å². The fourth-order valence-electron chi connectivity index (χ4n) is 3.54. The number of aryl methyl sites for hydroxylation is 1. The Bertz CT molecular complexity index is 1650. The van der Waals surface area contributed by atoms with Gasteiger partial charge in [0.15, 0.2) is 11.3 Å². The van der Waals surface area contributed by atoms with Crippen molar-refractivity contribution in [3.63, 3.8) is 0 Å². The number of aromatic nitrogens is 3. The van der Waals surface area contributed by atoms with Gasteiger partial charge in [0, 0.05) is 11.6 Å². The van der Waals surface area contributed by atoms with Gasteiger partial charge in [-0.1, -0.05) is 18.2 Å². The number of methoxy groups -OCH3 is 1. The summed E-state index contributed by atoms with van der Waals surface area (Å²) in [6.45, 7) is 1.68. The van der Waals surface area contributed by atoms with Gasteiger partial charge < -0.3 is 19.5 Å². The summed E-state index contributed by atoms with van der Waals surface area (Å²) in [6.07, 6.45) is 1.57. The van der Waals surface area contributed by atoms with Crippen molar-refractivity contribution in [2.45, 2.75) is 6.92 Å². The van der Waals surface area contributed by atoms with E-state index in [0.29, 0.717) is 43.2 Å². The van der Waals surface area contributed by atoms with Crippen LogP contribution in [0.15, 0.2) is 62.7 Å². The summed E-state index contributed by atoms with van der Waals surface area (Å²) < 4.78 is 10.7. The molecule has 0 unspecified atom stereocenters. The largest absolute Gasteiger partial charge is 0.493 e. The molecule has 0 aliphatic carbocycles. The topological polar surface area (TPSA) is 127 Å². The minimum Gasteiger partial charge on any atom is -0.493 e. The number of aromatic amines is 1. The number of benzene rings is 1. The van der Waals surface area contributed by atoms with Crippen LogP contribution in [0.5, 0.6) is 5.75 Å². The average Bonchev–Trinajstić information content (AvgIpc) is 3.15. The number of H-pyrrole nitrogens is 1. The first-order chi connectivity index (χ1) is 16.0. The van der Waals surface area contributed by atoms with Crippen LogP contribution in [0, 0.1) is 6.92 Å². The Morgan fingerprint density at radius 3 is 2.79 bits per heavy atom. The van der Waals surface area contributed by atoms with E-state index < -0.39 is 17.1 Å². The molecule has 10 heteroatoms. The summed E-state index contributed by atoms with van der Waals surface area (Å²) in [4.78, 5) is 50.2. The summed E-state index contributed by atoms with van der Waals surface area (Å²) in [5.74, 6) is 0.480. The number of rotatable bonds is 4. The molecule has 0 fully saturated rings. The third-order valence-corrected chi connectivity index (χ3v) is 6.30. The van der Waals surface area contributed by atoms with Crippen molar-refractivity contribution in [2.24, 2.45) is 0 Å². The first kappa shape index (κ1) is 20.6. The second-order valence-electron chi connectivity index (χ2n) is 7.15. The van der Waals surface area contributed by atoms with E-state index in [9.17, 15) is 14.4 Å². The van der Waals surface area contributed by atoms with Crippen molar-refractivity contribution >= 4 is 44.2 Å². The number of hydrogen-bond acceptors (Lipinski definition) is 8. The number of pyridine rings is 1. The van der Waals surface area contributed by atoms with E-state index in [2.05, 4.69) is 20.3 Å². The van der Waals surface area contributed by atoms with Crippen molar-refractivity contribution in [1.29, 1.82) is 0 Å². The van der Waals surface area contributed by atoms with Crippen LogP contribution in [0.4, 0.5) is 5.82 Å². The third kappa shape index (κ3) is 3.56. The molecule has 1 aromatic carbocycles. The van der Waals surface area contributed by atoms with Crippen molar-refractivity contribution in [3.05, 3.63) is 79.9 Å². The molecule has 5 aromatic rings. The Balaban J connectivity index is 1.62. The molecule has 0 bridgehead atoms.